The smallest absolute Gasteiger partial charge is 0.280 e. The molecule has 2 N–H and O–H groups in total. The van der Waals surface area contributed by atoms with E-state index < -0.39 is 10.0 Å². The van der Waals surface area contributed by atoms with Crippen LogP contribution in [-0.2, 0) is 24.1 Å². The number of anilines is 2. The van der Waals surface area contributed by atoms with Gasteiger partial charge in [0.05, 0.1) is 5.75 Å². The lowest BCUT2D eigenvalue weighted by Gasteiger charge is -2.15. The van der Waals surface area contributed by atoms with Gasteiger partial charge in [0.25, 0.3) is 5.56 Å². The molecule has 0 unspecified atom stereocenters. The van der Waals surface area contributed by atoms with E-state index in [0.717, 1.165) is 17.8 Å². The number of fused-ring (bicyclic) bond motifs is 1. The lowest BCUT2D eigenvalue weighted by Crippen LogP contribution is -2.17. The summed E-state index contributed by atoms with van der Waals surface area (Å²) in [7, 11) is -0.0755. The van der Waals surface area contributed by atoms with Crippen molar-refractivity contribution in [2.75, 3.05) is 22.3 Å². The molecule has 0 spiro atoms. The quantitative estimate of drug-likeness (QED) is 0.609. The summed E-state index contributed by atoms with van der Waals surface area (Å²) < 4.78 is 28.2. The third-order valence-electron chi connectivity index (χ3n) is 5.06. The molecule has 4 rings (SSSR count). The Kier molecular flexibility index (Phi) is 4.81. The molecule has 10 heteroatoms. The lowest BCUT2D eigenvalue weighted by molar-refractivity contribution is 0.602. The first-order valence-electron chi connectivity index (χ1n) is 9.57. The van der Waals surface area contributed by atoms with Crippen LogP contribution >= 0.6 is 0 Å². The van der Waals surface area contributed by atoms with E-state index >= 15 is 0 Å². The Labute approximate surface area is 168 Å². The van der Waals surface area contributed by atoms with Crippen molar-refractivity contribution in [2.45, 2.75) is 19.8 Å². The molecule has 0 amide bonds. The van der Waals surface area contributed by atoms with Crippen LogP contribution in [0.2, 0.25) is 0 Å². The summed E-state index contributed by atoms with van der Waals surface area (Å²) >= 11 is 0. The van der Waals surface area contributed by atoms with Gasteiger partial charge in [-0.1, -0.05) is 0 Å². The Bertz CT molecular complexity index is 1240. The Morgan fingerprint density at radius 2 is 1.86 bits per heavy atom. The van der Waals surface area contributed by atoms with E-state index in [2.05, 4.69) is 20.2 Å². The Morgan fingerprint density at radius 3 is 2.55 bits per heavy atom. The van der Waals surface area contributed by atoms with Crippen molar-refractivity contribution in [3.63, 3.8) is 0 Å². The average molecular weight is 417 g/mol. The molecule has 0 saturated heterocycles. The van der Waals surface area contributed by atoms with Crippen molar-refractivity contribution in [3.05, 3.63) is 34.7 Å². The number of sulfonamides is 1. The summed E-state index contributed by atoms with van der Waals surface area (Å²) in [4.78, 5) is 13.8. The van der Waals surface area contributed by atoms with Crippen molar-refractivity contribution >= 4 is 32.4 Å². The van der Waals surface area contributed by atoms with Gasteiger partial charge in [-0.05, 0) is 43.9 Å². The van der Waals surface area contributed by atoms with Crippen LogP contribution in [0.5, 0.6) is 0 Å². The number of benzene rings is 1. The van der Waals surface area contributed by atoms with Crippen LogP contribution in [-0.4, -0.2) is 40.3 Å². The Balaban J connectivity index is 1.88. The molecule has 1 aromatic carbocycles. The summed E-state index contributed by atoms with van der Waals surface area (Å²) in [6.45, 7) is 2.44. The zero-order valence-electron chi connectivity index (χ0n) is 16.6. The fourth-order valence-electron chi connectivity index (χ4n) is 3.22. The van der Waals surface area contributed by atoms with Crippen LogP contribution in [0.4, 0.5) is 11.4 Å². The number of aryl methyl sites for hydroxylation is 2. The van der Waals surface area contributed by atoms with Crippen LogP contribution in [0.1, 0.15) is 19.8 Å². The SMILES string of the molecule is CCS(=O)(=O)Nc1ccc(NCC2CC2)c(-c2cn(C)c(=O)c3nn(C)nc23)c1. The van der Waals surface area contributed by atoms with Crippen molar-refractivity contribution < 1.29 is 8.42 Å². The number of pyridine rings is 1. The molecular formula is C19H24N6O3S. The van der Waals surface area contributed by atoms with Gasteiger partial charge in [-0.25, -0.2) is 8.42 Å². The number of rotatable bonds is 7. The van der Waals surface area contributed by atoms with E-state index in [1.54, 1.807) is 39.3 Å². The fourth-order valence-corrected chi connectivity index (χ4v) is 3.85. The first kappa shape index (κ1) is 19.4. The van der Waals surface area contributed by atoms with Gasteiger partial charge in [-0.2, -0.15) is 9.90 Å². The molecule has 0 aliphatic heterocycles. The maximum absolute atomic E-state index is 12.5. The average Bonchev–Trinajstić information content (AvgIpc) is 3.43. The molecular weight excluding hydrogens is 392 g/mol. The summed E-state index contributed by atoms with van der Waals surface area (Å²) in [5.41, 5.74) is 3.34. The first-order valence-corrected chi connectivity index (χ1v) is 11.2. The zero-order chi connectivity index (χ0) is 20.8. The molecule has 2 heterocycles. The number of aromatic nitrogens is 4. The fraction of sp³-hybridized carbons (Fsp3) is 0.421. The molecule has 1 fully saturated rings. The minimum absolute atomic E-state index is 0.0156. The van der Waals surface area contributed by atoms with Gasteiger partial charge < -0.3 is 9.88 Å². The van der Waals surface area contributed by atoms with E-state index in [0.29, 0.717) is 22.7 Å². The highest BCUT2D eigenvalue weighted by Crippen LogP contribution is 2.36. The highest BCUT2D eigenvalue weighted by atomic mass is 32.2. The predicted octanol–water partition coefficient (Wildman–Crippen LogP) is 1.92. The molecule has 1 saturated carbocycles. The highest BCUT2D eigenvalue weighted by Gasteiger charge is 2.22. The predicted molar refractivity (Wildman–Crippen MR) is 113 cm³/mol. The first-order chi connectivity index (χ1) is 13.8. The number of nitrogens with one attached hydrogen (secondary N) is 2. The molecule has 29 heavy (non-hydrogen) atoms. The third-order valence-corrected chi connectivity index (χ3v) is 6.36. The van der Waals surface area contributed by atoms with E-state index in [9.17, 15) is 13.2 Å². The number of nitrogens with zero attached hydrogens (tertiary/aromatic N) is 4. The van der Waals surface area contributed by atoms with Crippen molar-refractivity contribution in [1.29, 1.82) is 0 Å². The summed E-state index contributed by atoms with van der Waals surface area (Å²) in [5.74, 6) is 0.649. The number of hydrogen-bond acceptors (Lipinski definition) is 6. The van der Waals surface area contributed by atoms with Gasteiger partial charge >= 0.3 is 0 Å². The summed E-state index contributed by atoms with van der Waals surface area (Å²) in [6, 6.07) is 5.37. The monoisotopic (exact) mass is 416 g/mol. The van der Waals surface area contributed by atoms with Crippen LogP contribution in [0.25, 0.3) is 22.2 Å². The standard InChI is InChI=1S/C19H24N6O3S/c1-4-29(27,28)23-13-7-8-16(20-10-12-5-6-12)14(9-13)15-11-24(2)19(26)18-17(15)21-25(3)22-18/h7-9,11-12,20,23H,4-6,10H2,1-3H3. The summed E-state index contributed by atoms with van der Waals surface area (Å²) in [5, 5.41) is 12.1. The summed E-state index contributed by atoms with van der Waals surface area (Å²) in [6.07, 6.45) is 4.14. The molecule has 9 nitrogen and oxygen atoms in total. The lowest BCUT2D eigenvalue weighted by atomic mass is 10.0. The Hall–Kier alpha value is -2.88. The normalized spacial score (nSPS) is 14.3. The molecule has 1 aliphatic carbocycles. The maximum Gasteiger partial charge on any atom is 0.280 e. The van der Waals surface area contributed by atoms with Gasteiger partial charge in [0, 0.05) is 49.3 Å². The van der Waals surface area contributed by atoms with Crippen LogP contribution < -0.4 is 15.6 Å². The molecule has 0 atom stereocenters. The van der Waals surface area contributed by atoms with Crippen LogP contribution in [0, 0.1) is 5.92 Å². The van der Waals surface area contributed by atoms with Gasteiger partial charge in [-0.15, -0.1) is 5.10 Å². The maximum atomic E-state index is 12.5. The molecule has 1 aliphatic rings. The molecule has 0 radical (unpaired) electrons. The van der Waals surface area contributed by atoms with Crippen LogP contribution in [0.15, 0.2) is 29.2 Å². The van der Waals surface area contributed by atoms with Gasteiger partial charge in [0.15, 0.2) is 5.52 Å². The van der Waals surface area contributed by atoms with Crippen molar-refractivity contribution in [3.8, 4) is 11.1 Å². The second-order valence-corrected chi connectivity index (χ2v) is 9.45. The highest BCUT2D eigenvalue weighted by molar-refractivity contribution is 7.92. The molecule has 154 valence electrons. The molecule has 2 aromatic heterocycles. The minimum Gasteiger partial charge on any atom is -0.384 e. The molecule has 3 aromatic rings. The largest absolute Gasteiger partial charge is 0.384 e. The van der Waals surface area contributed by atoms with Crippen molar-refractivity contribution in [2.24, 2.45) is 20.0 Å². The van der Waals surface area contributed by atoms with Gasteiger partial charge in [-0.3, -0.25) is 9.52 Å². The Morgan fingerprint density at radius 1 is 1.14 bits per heavy atom. The van der Waals surface area contributed by atoms with Gasteiger partial charge in [0.2, 0.25) is 10.0 Å². The van der Waals surface area contributed by atoms with E-state index in [4.69, 9.17) is 0 Å². The minimum atomic E-state index is -3.41. The van der Waals surface area contributed by atoms with Gasteiger partial charge in [0.1, 0.15) is 5.52 Å². The molecule has 0 bridgehead atoms. The van der Waals surface area contributed by atoms with E-state index in [1.807, 2.05) is 6.07 Å². The second-order valence-electron chi connectivity index (χ2n) is 7.44. The second kappa shape index (κ2) is 7.18. The van der Waals surface area contributed by atoms with Crippen LogP contribution in [0.3, 0.4) is 0 Å². The zero-order valence-corrected chi connectivity index (χ0v) is 17.5. The van der Waals surface area contributed by atoms with E-state index in [1.165, 1.54) is 22.2 Å². The number of hydrogen-bond donors (Lipinski definition) is 2. The van der Waals surface area contributed by atoms with Crippen molar-refractivity contribution in [1.82, 2.24) is 19.6 Å². The topological polar surface area (TPSA) is 111 Å². The van der Waals surface area contributed by atoms with E-state index in [-0.39, 0.29) is 16.8 Å². The third kappa shape index (κ3) is 3.98.